The summed E-state index contributed by atoms with van der Waals surface area (Å²) in [5.74, 6) is 6.61. The van der Waals surface area contributed by atoms with Crippen molar-refractivity contribution in [3.05, 3.63) is 29.8 Å². The number of rotatable bonds is 6. The Kier molecular flexibility index (Phi) is 4.02. The van der Waals surface area contributed by atoms with E-state index in [1.807, 2.05) is 0 Å². The average molecular weight is 233 g/mol. The van der Waals surface area contributed by atoms with E-state index in [4.69, 9.17) is 5.84 Å². The lowest BCUT2D eigenvalue weighted by molar-refractivity contribution is 0.482. The topological polar surface area (TPSA) is 41.3 Å². The van der Waals surface area contributed by atoms with Crippen LogP contribution < -0.4 is 16.2 Å². The van der Waals surface area contributed by atoms with E-state index in [0.717, 1.165) is 12.3 Å². The molecule has 3 nitrogen and oxygen atoms in total. The lowest BCUT2D eigenvalue weighted by Gasteiger charge is -2.18. The van der Waals surface area contributed by atoms with Gasteiger partial charge in [-0.2, -0.15) is 0 Å². The van der Waals surface area contributed by atoms with Crippen LogP contribution in [0.5, 0.6) is 0 Å². The maximum atomic E-state index is 5.65. The molecule has 0 bridgehead atoms. The second-order valence-electron chi connectivity index (χ2n) is 5.23. The lowest BCUT2D eigenvalue weighted by Crippen LogP contribution is -2.28. The van der Waals surface area contributed by atoms with Gasteiger partial charge in [-0.15, -0.1) is 0 Å². The van der Waals surface area contributed by atoms with Gasteiger partial charge in [-0.3, -0.25) is 11.3 Å². The van der Waals surface area contributed by atoms with E-state index in [-0.39, 0.29) is 0 Å². The predicted molar refractivity (Wildman–Crippen MR) is 72.8 cm³/mol. The van der Waals surface area contributed by atoms with Gasteiger partial charge in [0, 0.05) is 25.8 Å². The van der Waals surface area contributed by atoms with E-state index in [9.17, 15) is 0 Å². The van der Waals surface area contributed by atoms with Crippen LogP contribution in [0.3, 0.4) is 0 Å². The van der Waals surface area contributed by atoms with Crippen molar-refractivity contribution < 1.29 is 0 Å². The Morgan fingerprint density at radius 1 is 1.29 bits per heavy atom. The van der Waals surface area contributed by atoms with Crippen LogP contribution in [0, 0.1) is 5.92 Å². The summed E-state index contributed by atoms with van der Waals surface area (Å²) >= 11 is 0. The van der Waals surface area contributed by atoms with Crippen molar-refractivity contribution in [2.75, 3.05) is 19.0 Å². The first kappa shape index (κ1) is 12.4. The minimum atomic E-state index is 0.298. The molecular formula is C14H23N3. The molecule has 0 aromatic heterocycles. The molecule has 0 saturated heterocycles. The lowest BCUT2D eigenvalue weighted by atomic mass is 10.0. The molecule has 3 heteroatoms. The third-order valence-corrected chi connectivity index (χ3v) is 3.57. The molecule has 1 aliphatic carbocycles. The number of hydrogen-bond donors (Lipinski definition) is 2. The standard InChI is InChI=1S/C14H23N3/c1-17(2)13-8-6-12(7-9-13)14(16-15)10-5-11-3-4-11/h6-9,11,14,16H,3-5,10,15H2,1-2H3. The Balaban J connectivity index is 1.96. The number of hydrogen-bond acceptors (Lipinski definition) is 3. The quantitative estimate of drug-likeness (QED) is 0.586. The highest BCUT2D eigenvalue weighted by Gasteiger charge is 2.22. The molecule has 2 rings (SSSR count). The monoisotopic (exact) mass is 233 g/mol. The highest BCUT2D eigenvalue weighted by Crippen LogP contribution is 2.35. The molecular weight excluding hydrogens is 210 g/mol. The predicted octanol–water partition coefficient (Wildman–Crippen LogP) is 2.45. The van der Waals surface area contributed by atoms with Gasteiger partial charge in [0.15, 0.2) is 0 Å². The van der Waals surface area contributed by atoms with Crippen LogP contribution in [0.25, 0.3) is 0 Å². The number of nitrogens with zero attached hydrogens (tertiary/aromatic N) is 1. The Labute approximate surface area is 104 Å². The highest BCUT2D eigenvalue weighted by atomic mass is 15.2. The van der Waals surface area contributed by atoms with Crippen molar-refractivity contribution in [3.63, 3.8) is 0 Å². The summed E-state index contributed by atoms with van der Waals surface area (Å²) in [6.07, 6.45) is 5.26. The fourth-order valence-corrected chi connectivity index (χ4v) is 2.16. The van der Waals surface area contributed by atoms with Gasteiger partial charge >= 0.3 is 0 Å². The molecule has 0 heterocycles. The summed E-state index contributed by atoms with van der Waals surface area (Å²) in [5.41, 5.74) is 5.46. The molecule has 0 amide bonds. The van der Waals surface area contributed by atoms with Crippen molar-refractivity contribution >= 4 is 5.69 Å². The van der Waals surface area contributed by atoms with Gasteiger partial charge in [0.25, 0.3) is 0 Å². The van der Waals surface area contributed by atoms with Gasteiger partial charge in [-0.05, 0) is 36.5 Å². The first-order chi connectivity index (χ1) is 8.20. The van der Waals surface area contributed by atoms with E-state index in [1.54, 1.807) is 0 Å². The molecule has 1 saturated carbocycles. The van der Waals surface area contributed by atoms with Crippen LogP contribution in [0.2, 0.25) is 0 Å². The molecule has 1 aliphatic rings. The second kappa shape index (κ2) is 5.52. The number of nitrogens with one attached hydrogen (secondary N) is 1. The molecule has 1 aromatic carbocycles. The second-order valence-corrected chi connectivity index (χ2v) is 5.23. The van der Waals surface area contributed by atoms with Crippen LogP contribution in [0.1, 0.15) is 37.3 Å². The van der Waals surface area contributed by atoms with Gasteiger partial charge < -0.3 is 4.90 Å². The van der Waals surface area contributed by atoms with Gasteiger partial charge in [0.1, 0.15) is 0 Å². The Bertz CT molecular complexity index is 341. The zero-order valence-corrected chi connectivity index (χ0v) is 10.8. The van der Waals surface area contributed by atoms with Crippen molar-refractivity contribution in [2.24, 2.45) is 11.8 Å². The van der Waals surface area contributed by atoms with Crippen LogP contribution >= 0.6 is 0 Å². The fourth-order valence-electron chi connectivity index (χ4n) is 2.16. The molecule has 0 aliphatic heterocycles. The van der Waals surface area contributed by atoms with Crippen molar-refractivity contribution in [2.45, 2.75) is 31.7 Å². The Morgan fingerprint density at radius 3 is 2.41 bits per heavy atom. The molecule has 94 valence electrons. The fraction of sp³-hybridized carbons (Fsp3) is 0.571. The third-order valence-electron chi connectivity index (χ3n) is 3.57. The van der Waals surface area contributed by atoms with Crippen LogP contribution in [0.15, 0.2) is 24.3 Å². The van der Waals surface area contributed by atoms with Crippen molar-refractivity contribution in [3.8, 4) is 0 Å². The number of benzene rings is 1. The zero-order valence-electron chi connectivity index (χ0n) is 10.8. The van der Waals surface area contributed by atoms with E-state index < -0.39 is 0 Å². The molecule has 1 unspecified atom stereocenters. The Morgan fingerprint density at radius 2 is 1.94 bits per heavy atom. The zero-order chi connectivity index (χ0) is 12.3. The smallest absolute Gasteiger partial charge is 0.0460 e. The molecule has 0 spiro atoms. The van der Waals surface area contributed by atoms with Crippen LogP contribution in [-0.4, -0.2) is 14.1 Å². The molecule has 17 heavy (non-hydrogen) atoms. The summed E-state index contributed by atoms with van der Waals surface area (Å²) in [6, 6.07) is 8.94. The van der Waals surface area contributed by atoms with E-state index in [0.29, 0.717) is 6.04 Å². The summed E-state index contributed by atoms with van der Waals surface area (Å²) in [5, 5.41) is 0. The number of anilines is 1. The largest absolute Gasteiger partial charge is 0.378 e. The first-order valence-corrected chi connectivity index (χ1v) is 6.44. The van der Waals surface area contributed by atoms with Crippen molar-refractivity contribution in [1.82, 2.24) is 5.43 Å². The third kappa shape index (κ3) is 3.45. The molecule has 1 atom stereocenters. The van der Waals surface area contributed by atoms with E-state index >= 15 is 0 Å². The van der Waals surface area contributed by atoms with Gasteiger partial charge in [-0.25, -0.2) is 0 Å². The molecule has 1 fully saturated rings. The first-order valence-electron chi connectivity index (χ1n) is 6.44. The summed E-state index contributed by atoms with van der Waals surface area (Å²) in [7, 11) is 4.11. The van der Waals surface area contributed by atoms with Crippen molar-refractivity contribution in [1.29, 1.82) is 0 Å². The van der Waals surface area contributed by atoms with Crippen LogP contribution in [0.4, 0.5) is 5.69 Å². The molecule has 1 aromatic rings. The summed E-state index contributed by atoms with van der Waals surface area (Å²) in [4.78, 5) is 2.11. The highest BCUT2D eigenvalue weighted by molar-refractivity contribution is 5.46. The minimum Gasteiger partial charge on any atom is -0.378 e. The van der Waals surface area contributed by atoms with Gasteiger partial charge in [0.05, 0.1) is 0 Å². The van der Waals surface area contributed by atoms with E-state index in [1.165, 1.54) is 30.5 Å². The summed E-state index contributed by atoms with van der Waals surface area (Å²) in [6.45, 7) is 0. The maximum Gasteiger partial charge on any atom is 0.0460 e. The number of hydrazine groups is 1. The normalized spacial score (nSPS) is 16.9. The summed E-state index contributed by atoms with van der Waals surface area (Å²) < 4.78 is 0. The Hall–Kier alpha value is -1.06. The van der Waals surface area contributed by atoms with Gasteiger partial charge in [-0.1, -0.05) is 25.0 Å². The maximum absolute atomic E-state index is 5.65. The number of nitrogens with two attached hydrogens (primary N) is 1. The molecule has 0 radical (unpaired) electrons. The van der Waals surface area contributed by atoms with Crippen LogP contribution in [-0.2, 0) is 0 Å². The SMILES string of the molecule is CN(C)c1ccc(C(CCC2CC2)NN)cc1. The molecule has 3 N–H and O–H groups in total. The minimum absolute atomic E-state index is 0.298. The van der Waals surface area contributed by atoms with Gasteiger partial charge in [0.2, 0.25) is 0 Å². The van der Waals surface area contributed by atoms with E-state index in [2.05, 4.69) is 48.7 Å². The average Bonchev–Trinajstić information content (AvgIpc) is 3.14.